The molecule has 2 N–H and O–H groups in total. The summed E-state index contributed by atoms with van der Waals surface area (Å²) < 4.78 is 0. The Morgan fingerprint density at radius 2 is 2.15 bits per heavy atom. The molecule has 0 aromatic heterocycles. The molecule has 2 atom stereocenters. The van der Waals surface area contributed by atoms with Crippen molar-refractivity contribution in [3.8, 4) is 0 Å². The normalized spacial score (nSPS) is 25.6. The van der Waals surface area contributed by atoms with Crippen LogP contribution in [0.3, 0.4) is 0 Å². The minimum absolute atomic E-state index is 0.392. The molecular formula is C17H28N2O. The number of β-amino-alcohol motifs (C(OH)–C–C–N with tert-alkyl or cyclic N) is 1. The van der Waals surface area contributed by atoms with Crippen LogP contribution in [0.4, 0.5) is 0 Å². The second kappa shape index (κ2) is 6.70. The van der Waals surface area contributed by atoms with Gasteiger partial charge < -0.3 is 15.3 Å². The van der Waals surface area contributed by atoms with Crippen LogP contribution in [0.25, 0.3) is 0 Å². The molecule has 3 heteroatoms. The van der Waals surface area contributed by atoms with E-state index in [9.17, 15) is 5.11 Å². The lowest BCUT2D eigenvalue weighted by Gasteiger charge is -2.37. The zero-order chi connectivity index (χ0) is 14.6. The number of hydrogen-bond acceptors (Lipinski definition) is 3. The van der Waals surface area contributed by atoms with E-state index in [4.69, 9.17) is 0 Å². The summed E-state index contributed by atoms with van der Waals surface area (Å²) in [6, 6.07) is 8.98. The highest BCUT2D eigenvalue weighted by Gasteiger charge is 2.28. The SMILES string of the molecule is CNC(CCN1CCCC(C)(O)C1)c1ccccc1C. The first-order valence-corrected chi connectivity index (χ1v) is 7.69. The molecule has 0 aliphatic carbocycles. The summed E-state index contributed by atoms with van der Waals surface area (Å²) in [5.41, 5.74) is 2.23. The lowest BCUT2D eigenvalue weighted by molar-refractivity contribution is -0.0163. The van der Waals surface area contributed by atoms with Crippen molar-refractivity contribution in [3.63, 3.8) is 0 Å². The van der Waals surface area contributed by atoms with Gasteiger partial charge in [-0.3, -0.25) is 0 Å². The molecule has 0 saturated carbocycles. The fourth-order valence-corrected chi connectivity index (χ4v) is 3.26. The Morgan fingerprint density at radius 3 is 2.80 bits per heavy atom. The molecule has 1 saturated heterocycles. The molecule has 1 heterocycles. The molecule has 112 valence electrons. The van der Waals surface area contributed by atoms with Crippen molar-refractivity contribution in [2.45, 2.75) is 44.8 Å². The fraction of sp³-hybridized carbons (Fsp3) is 0.647. The van der Waals surface area contributed by atoms with Gasteiger partial charge in [0.1, 0.15) is 0 Å². The van der Waals surface area contributed by atoms with Crippen LogP contribution in [-0.2, 0) is 0 Å². The van der Waals surface area contributed by atoms with Gasteiger partial charge in [0.05, 0.1) is 5.60 Å². The molecule has 1 aliphatic heterocycles. The van der Waals surface area contributed by atoms with Crippen molar-refractivity contribution < 1.29 is 5.11 Å². The van der Waals surface area contributed by atoms with Crippen LogP contribution in [0.15, 0.2) is 24.3 Å². The van der Waals surface area contributed by atoms with Crippen LogP contribution in [0.2, 0.25) is 0 Å². The monoisotopic (exact) mass is 276 g/mol. The Kier molecular flexibility index (Phi) is 5.19. The summed E-state index contributed by atoms with van der Waals surface area (Å²) in [7, 11) is 2.03. The quantitative estimate of drug-likeness (QED) is 0.867. The number of likely N-dealkylation sites (tertiary alicyclic amines) is 1. The number of piperidine rings is 1. The molecule has 2 unspecified atom stereocenters. The molecule has 1 fully saturated rings. The van der Waals surface area contributed by atoms with Crippen LogP contribution in [0.5, 0.6) is 0 Å². The molecule has 20 heavy (non-hydrogen) atoms. The highest BCUT2D eigenvalue weighted by molar-refractivity contribution is 5.28. The predicted molar refractivity (Wildman–Crippen MR) is 83.9 cm³/mol. The lowest BCUT2D eigenvalue weighted by Crippen LogP contribution is -2.46. The summed E-state index contributed by atoms with van der Waals surface area (Å²) in [5.74, 6) is 0. The molecule has 1 aliphatic rings. The minimum Gasteiger partial charge on any atom is -0.389 e. The maximum atomic E-state index is 10.2. The maximum Gasteiger partial charge on any atom is 0.0746 e. The van der Waals surface area contributed by atoms with Crippen molar-refractivity contribution in [2.24, 2.45) is 0 Å². The van der Waals surface area contributed by atoms with Crippen molar-refractivity contribution in [1.29, 1.82) is 0 Å². The third-order valence-electron chi connectivity index (χ3n) is 4.40. The Labute approximate surface area is 123 Å². The van der Waals surface area contributed by atoms with Crippen molar-refractivity contribution in [2.75, 3.05) is 26.7 Å². The van der Waals surface area contributed by atoms with E-state index in [-0.39, 0.29) is 0 Å². The third-order valence-corrected chi connectivity index (χ3v) is 4.40. The minimum atomic E-state index is -0.504. The van der Waals surface area contributed by atoms with E-state index in [1.807, 2.05) is 14.0 Å². The van der Waals surface area contributed by atoms with E-state index in [1.54, 1.807) is 0 Å². The molecule has 3 nitrogen and oxygen atoms in total. The van der Waals surface area contributed by atoms with E-state index in [0.717, 1.165) is 38.9 Å². The molecule has 0 amide bonds. The van der Waals surface area contributed by atoms with Crippen LogP contribution in [0, 0.1) is 6.92 Å². The van der Waals surface area contributed by atoms with E-state index >= 15 is 0 Å². The topological polar surface area (TPSA) is 35.5 Å². The Balaban J connectivity index is 1.93. The first kappa shape index (κ1) is 15.5. The zero-order valence-corrected chi connectivity index (χ0v) is 13.0. The summed E-state index contributed by atoms with van der Waals surface area (Å²) in [6.07, 6.45) is 3.11. The van der Waals surface area contributed by atoms with Crippen LogP contribution >= 0.6 is 0 Å². The molecule has 1 aromatic rings. The summed E-state index contributed by atoms with van der Waals surface area (Å²) in [5, 5.41) is 13.6. The number of benzene rings is 1. The van der Waals surface area contributed by atoms with Gasteiger partial charge in [0, 0.05) is 19.1 Å². The van der Waals surface area contributed by atoms with E-state index in [2.05, 4.69) is 41.4 Å². The van der Waals surface area contributed by atoms with Gasteiger partial charge in [-0.25, -0.2) is 0 Å². The average Bonchev–Trinajstić information content (AvgIpc) is 2.40. The van der Waals surface area contributed by atoms with Gasteiger partial charge in [-0.1, -0.05) is 24.3 Å². The smallest absolute Gasteiger partial charge is 0.0746 e. The maximum absolute atomic E-state index is 10.2. The van der Waals surface area contributed by atoms with E-state index in [1.165, 1.54) is 11.1 Å². The van der Waals surface area contributed by atoms with Gasteiger partial charge in [0.2, 0.25) is 0 Å². The molecule has 2 rings (SSSR count). The number of aliphatic hydroxyl groups is 1. The summed E-state index contributed by atoms with van der Waals surface area (Å²) in [6.45, 7) is 7.08. The average molecular weight is 276 g/mol. The Morgan fingerprint density at radius 1 is 1.40 bits per heavy atom. The number of aryl methyl sites for hydroxylation is 1. The van der Waals surface area contributed by atoms with E-state index < -0.39 is 5.60 Å². The number of rotatable bonds is 5. The van der Waals surface area contributed by atoms with Gasteiger partial charge in [0.15, 0.2) is 0 Å². The standard InChI is InChI=1S/C17H28N2O/c1-14-7-4-5-8-15(14)16(18-3)9-12-19-11-6-10-17(2,20)13-19/h4-5,7-8,16,18,20H,6,9-13H2,1-3H3. The number of hydrogen-bond donors (Lipinski definition) is 2. The predicted octanol–water partition coefficient (Wildman–Crippen LogP) is 2.49. The zero-order valence-electron chi connectivity index (χ0n) is 13.0. The van der Waals surface area contributed by atoms with Crippen LogP contribution < -0.4 is 5.32 Å². The highest BCUT2D eigenvalue weighted by atomic mass is 16.3. The van der Waals surface area contributed by atoms with Crippen molar-refractivity contribution in [3.05, 3.63) is 35.4 Å². The molecule has 0 radical (unpaired) electrons. The Bertz CT molecular complexity index is 431. The summed E-state index contributed by atoms with van der Waals surface area (Å²) >= 11 is 0. The van der Waals surface area contributed by atoms with Gasteiger partial charge in [-0.15, -0.1) is 0 Å². The lowest BCUT2D eigenvalue weighted by atomic mass is 9.94. The highest BCUT2D eigenvalue weighted by Crippen LogP contribution is 2.24. The van der Waals surface area contributed by atoms with E-state index in [0.29, 0.717) is 6.04 Å². The third kappa shape index (κ3) is 4.05. The molecule has 0 bridgehead atoms. The number of nitrogens with zero attached hydrogens (tertiary/aromatic N) is 1. The second-order valence-electron chi connectivity index (χ2n) is 6.36. The van der Waals surface area contributed by atoms with Crippen LogP contribution in [0.1, 0.15) is 43.4 Å². The van der Waals surface area contributed by atoms with Gasteiger partial charge >= 0.3 is 0 Å². The second-order valence-corrected chi connectivity index (χ2v) is 6.36. The first-order chi connectivity index (χ1) is 9.52. The largest absolute Gasteiger partial charge is 0.389 e. The van der Waals surface area contributed by atoms with Gasteiger partial charge in [-0.05, 0) is 57.8 Å². The van der Waals surface area contributed by atoms with Crippen molar-refractivity contribution in [1.82, 2.24) is 10.2 Å². The van der Waals surface area contributed by atoms with Gasteiger partial charge in [0.25, 0.3) is 0 Å². The van der Waals surface area contributed by atoms with Crippen molar-refractivity contribution >= 4 is 0 Å². The molecular weight excluding hydrogens is 248 g/mol. The fourth-order valence-electron chi connectivity index (χ4n) is 3.26. The Hall–Kier alpha value is -0.900. The first-order valence-electron chi connectivity index (χ1n) is 7.69. The van der Waals surface area contributed by atoms with Gasteiger partial charge in [-0.2, -0.15) is 0 Å². The van der Waals surface area contributed by atoms with Crippen LogP contribution in [-0.4, -0.2) is 42.3 Å². The molecule has 0 spiro atoms. The summed E-state index contributed by atoms with van der Waals surface area (Å²) in [4.78, 5) is 2.39. The number of nitrogens with one attached hydrogen (secondary N) is 1. The molecule has 1 aromatic carbocycles.